The Bertz CT molecular complexity index is 562. The van der Waals surface area contributed by atoms with Crippen LogP contribution in [0.4, 0.5) is 5.13 Å². The van der Waals surface area contributed by atoms with Crippen LogP contribution < -0.4 is 16.2 Å². The van der Waals surface area contributed by atoms with Gasteiger partial charge in [-0.2, -0.15) is 0 Å². The molecular weight excluding hydrogens is 342 g/mol. The molecule has 9 heteroatoms. The van der Waals surface area contributed by atoms with E-state index in [9.17, 15) is 14.4 Å². The molecule has 1 aromatic heterocycles. The van der Waals surface area contributed by atoms with Crippen molar-refractivity contribution in [1.82, 2.24) is 21.0 Å². The number of rotatable bonds is 11. The summed E-state index contributed by atoms with van der Waals surface area (Å²) in [4.78, 5) is 35.0. The molecule has 0 unspecified atom stereocenters. The first-order chi connectivity index (χ1) is 12.0. The lowest BCUT2D eigenvalue weighted by molar-refractivity contribution is -0.128. The second-order valence-corrected chi connectivity index (χ2v) is 6.80. The Balaban J connectivity index is 2.28. The molecule has 0 spiro atoms. The van der Waals surface area contributed by atoms with Crippen LogP contribution in [-0.2, 0) is 20.8 Å². The summed E-state index contributed by atoms with van der Waals surface area (Å²) in [5.74, 6) is -0.681. The maximum Gasteiger partial charge on any atom is 0.245 e. The molecule has 3 N–H and O–H groups in total. The molecule has 1 aromatic rings. The molecule has 0 saturated heterocycles. The van der Waals surface area contributed by atoms with Crippen molar-refractivity contribution in [2.24, 2.45) is 0 Å². The van der Waals surface area contributed by atoms with Gasteiger partial charge in [-0.1, -0.05) is 50.9 Å². The van der Waals surface area contributed by atoms with Gasteiger partial charge in [0, 0.05) is 12.8 Å². The van der Waals surface area contributed by atoms with Crippen molar-refractivity contribution in [3.63, 3.8) is 0 Å². The van der Waals surface area contributed by atoms with Gasteiger partial charge in [0.1, 0.15) is 5.01 Å². The fourth-order valence-electron chi connectivity index (χ4n) is 2.01. The number of carbonyl (C=O) groups is 3. The summed E-state index contributed by atoms with van der Waals surface area (Å²) in [6.07, 6.45) is 6.57. The number of hydrazine groups is 1. The van der Waals surface area contributed by atoms with Crippen LogP contribution >= 0.6 is 11.3 Å². The van der Waals surface area contributed by atoms with Crippen LogP contribution in [0, 0.1) is 0 Å². The van der Waals surface area contributed by atoms with E-state index in [0.717, 1.165) is 49.9 Å². The van der Waals surface area contributed by atoms with Crippen molar-refractivity contribution >= 4 is 34.2 Å². The van der Waals surface area contributed by atoms with E-state index in [2.05, 4.69) is 40.2 Å². The summed E-state index contributed by atoms with van der Waals surface area (Å²) in [5, 5.41) is 11.3. The number of carbonyl (C=O) groups excluding carboxylic acids is 3. The third-order valence-electron chi connectivity index (χ3n) is 3.38. The molecule has 0 bridgehead atoms. The topological polar surface area (TPSA) is 113 Å². The van der Waals surface area contributed by atoms with E-state index >= 15 is 0 Å². The van der Waals surface area contributed by atoms with E-state index in [0.29, 0.717) is 23.0 Å². The highest BCUT2D eigenvalue weighted by Gasteiger charge is 2.12. The first kappa shape index (κ1) is 21.0. The van der Waals surface area contributed by atoms with Gasteiger partial charge in [0.05, 0.1) is 6.42 Å². The zero-order valence-corrected chi connectivity index (χ0v) is 15.7. The quantitative estimate of drug-likeness (QED) is 0.409. The Kier molecular flexibility index (Phi) is 10.4. The number of unbranched alkanes of at least 4 members (excludes halogenated alkanes) is 4. The van der Waals surface area contributed by atoms with Gasteiger partial charge in [0.25, 0.3) is 0 Å². The van der Waals surface area contributed by atoms with Crippen molar-refractivity contribution in [3.8, 4) is 0 Å². The number of nitrogens with one attached hydrogen (secondary N) is 3. The largest absolute Gasteiger partial charge is 0.301 e. The highest BCUT2D eigenvalue weighted by Crippen LogP contribution is 2.16. The Labute approximate surface area is 152 Å². The lowest BCUT2D eigenvalue weighted by atomic mass is 10.2. The van der Waals surface area contributed by atoms with E-state index in [1.165, 1.54) is 0 Å². The summed E-state index contributed by atoms with van der Waals surface area (Å²) in [6, 6.07) is 0. The van der Waals surface area contributed by atoms with Crippen LogP contribution in [0.25, 0.3) is 0 Å². The minimum atomic E-state index is -0.374. The van der Waals surface area contributed by atoms with Gasteiger partial charge in [-0.25, -0.2) is 0 Å². The number of aromatic nitrogens is 2. The van der Waals surface area contributed by atoms with Crippen LogP contribution in [0.2, 0.25) is 0 Å². The predicted octanol–water partition coefficient (Wildman–Crippen LogP) is 2.33. The molecule has 8 nitrogen and oxygen atoms in total. The van der Waals surface area contributed by atoms with Crippen LogP contribution in [0.1, 0.15) is 70.2 Å². The van der Waals surface area contributed by atoms with Crippen molar-refractivity contribution in [2.45, 2.75) is 71.6 Å². The Morgan fingerprint density at radius 3 is 2.08 bits per heavy atom. The number of amides is 3. The molecule has 0 aromatic carbocycles. The van der Waals surface area contributed by atoms with Crippen molar-refractivity contribution < 1.29 is 14.4 Å². The molecule has 1 rings (SSSR count). The number of hydrogen-bond acceptors (Lipinski definition) is 6. The van der Waals surface area contributed by atoms with Crippen LogP contribution in [0.5, 0.6) is 0 Å². The van der Waals surface area contributed by atoms with E-state index in [4.69, 9.17) is 0 Å². The molecule has 0 atom stereocenters. The third kappa shape index (κ3) is 9.75. The molecule has 140 valence electrons. The number of hydrogen-bond donors (Lipinski definition) is 3. The highest BCUT2D eigenvalue weighted by molar-refractivity contribution is 7.15. The second kappa shape index (κ2) is 12.3. The molecule has 0 aliphatic heterocycles. The van der Waals surface area contributed by atoms with Gasteiger partial charge in [-0.05, 0) is 12.8 Å². The Hall–Kier alpha value is -2.03. The maximum absolute atomic E-state index is 11.8. The molecular formula is C16H27N5O3S. The number of anilines is 1. The summed E-state index contributed by atoms with van der Waals surface area (Å²) in [5.41, 5.74) is 4.73. The van der Waals surface area contributed by atoms with Crippen LogP contribution in [0.3, 0.4) is 0 Å². The third-order valence-corrected chi connectivity index (χ3v) is 4.22. The normalized spacial score (nSPS) is 10.3. The lowest BCUT2D eigenvalue weighted by Crippen LogP contribution is -2.42. The van der Waals surface area contributed by atoms with Gasteiger partial charge in [-0.3, -0.25) is 25.2 Å². The molecule has 0 aliphatic rings. The van der Waals surface area contributed by atoms with Crippen LogP contribution in [0.15, 0.2) is 0 Å². The summed E-state index contributed by atoms with van der Waals surface area (Å²) >= 11 is 1.15. The standard InChI is InChI=1S/C16H27N5O3S/c1-3-5-7-9-12(22)17-16-21-20-15(25-16)11-14(24)19-18-13(23)10-8-6-4-2/h3-11H2,1-2H3,(H,18,23)(H,19,24)(H,17,21,22). The molecule has 0 radical (unpaired) electrons. The zero-order valence-electron chi connectivity index (χ0n) is 14.9. The van der Waals surface area contributed by atoms with Crippen molar-refractivity contribution in [3.05, 3.63) is 5.01 Å². The van der Waals surface area contributed by atoms with Gasteiger partial charge in [-0.15, -0.1) is 10.2 Å². The van der Waals surface area contributed by atoms with Crippen molar-refractivity contribution in [1.29, 1.82) is 0 Å². The van der Waals surface area contributed by atoms with Gasteiger partial charge < -0.3 is 5.32 Å². The van der Waals surface area contributed by atoms with Gasteiger partial charge >= 0.3 is 0 Å². The fourth-order valence-corrected chi connectivity index (χ4v) is 2.77. The summed E-state index contributed by atoms with van der Waals surface area (Å²) in [7, 11) is 0. The minimum Gasteiger partial charge on any atom is -0.301 e. The smallest absolute Gasteiger partial charge is 0.245 e. The number of nitrogens with zero attached hydrogens (tertiary/aromatic N) is 2. The molecule has 1 heterocycles. The summed E-state index contributed by atoms with van der Waals surface area (Å²) in [6.45, 7) is 4.14. The molecule has 0 saturated carbocycles. The Morgan fingerprint density at radius 2 is 1.44 bits per heavy atom. The average Bonchev–Trinajstić information content (AvgIpc) is 3.00. The highest BCUT2D eigenvalue weighted by atomic mass is 32.1. The zero-order chi connectivity index (χ0) is 18.5. The van der Waals surface area contributed by atoms with E-state index in [1.54, 1.807) is 0 Å². The molecule has 25 heavy (non-hydrogen) atoms. The maximum atomic E-state index is 11.8. The minimum absolute atomic E-state index is 0.00138. The van der Waals surface area contributed by atoms with E-state index in [-0.39, 0.29) is 24.1 Å². The van der Waals surface area contributed by atoms with E-state index in [1.807, 2.05) is 0 Å². The van der Waals surface area contributed by atoms with E-state index < -0.39 is 0 Å². The van der Waals surface area contributed by atoms with Gasteiger partial charge in [0.2, 0.25) is 22.9 Å². The molecule has 3 amide bonds. The lowest BCUT2D eigenvalue weighted by Gasteiger charge is -2.05. The fraction of sp³-hybridized carbons (Fsp3) is 0.688. The average molecular weight is 369 g/mol. The monoisotopic (exact) mass is 369 g/mol. The second-order valence-electron chi connectivity index (χ2n) is 5.74. The molecule has 0 aliphatic carbocycles. The Morgan fingerprint density at radius 1 is 0.840 bits per heavy atom. The first-order valence-electron chi connectivity index (χ1n) is 8.75. The SMILES string of the molecule is CCCCCC(=O)NNC(=O)Cc1nnc(NC(=O)CCCCC)s1. The van der Waals surface area contributed by atoms with Crippen molar-refractivity contribution in [2.75, 3.05) is 5.32 Å². The molecule has 0 fully saturated rings. The van der Waals surface area contributed by atoms with Gasteiger partial charge in [0.15, 0.2) is 0 Å². The predicted molar refractivity (Wildman–Crippen MR) is 96.8 cm³/mol. The first-order valence-corrected chi connectivity index (χ1v) is 9.56. The summed E-state index contributed by atoms with van der Waals surface area (Å²) < 4.78 is 0. The van der Waals surface area contributed by atoms with Crippen LogP contribution in [-0.4, -0.2) is 27.9 Å².